The summed E-state index contributed by atoms with van der Waals surface area (Å²) in [6.07, 6.45) is 4.66. The Morgan fingerprint density at radius 2 is 2.11 bits per heavy atom. The first-order valence-electron chi connectivity index (χ1n) is 5.99. The maximum Gasteiger partial charge on any atom is 0.239 e. The molecule has 1 aromatic rings. The minimum atomic E-state index is -3.29. The number of hydrogen-bond acceptors (Lipinski definition) is 4. The molecule has 1 rings (SSSR count). The molecule has 0 spiro atoms. The Morgan fingerprint density at radius 3 is 2.72 bits per heavy atom. The van der Waals surface area contributed by atoms with Gasteiger partial charge in [-0.05, 0) is 12.8 Å². The van der Waals surface area contributed by atoms with Crippen LogP contribution in [0, 0.1) is 0 Å². The fourth-order valence-corrected chi connectivity index (χ4v) is 2.80. The molecular formula is C11H19N3O3S. The fraction of sp³-hybridized carbons (Fsp3) is 0.636. The third-order valence-electron chi connectivity index (χ3n) is 2.24. The zero-order chi connectivity index (χ0) is 13.6. The highest BCUT2D eigenvalue weighted by Crippen LogP contribution is 2.06. The summed E-state index contributed by atoms with van der Waals surface area (Å²) in [6, 6.07) is 0. The minimum absolute atomic E-state index is 0.0372. The van der Waals surface area contributed by atoms with Crippen molar-refractivity contribution in [1.29, 1.82) is 0 Å². The van der Waals surface area contributed by atoms with E-state index in [1.807, 2.05) is 6.92 Å². The molecule has 0 unspecified atom stereocenters. The molecule has 0 aliphatic rings. The monoisotopic (exact) mass is 273 g/mol. The highest BCUT2D eigenvalue weighted by Gasteiger charge is 2.16. The van der Waals surface area contributed by atoms with Gasteiger partial charge in [0, 0.05) is 12.7 Å². The summed E-state index contributed by atoms with van der Waals surface area (Å²) in [5.74, 6) is -0.950. The normalized spacial score (nSPS) is 11.4. The summed E-state index contributed by atoms with van der Waals surface area (Å²) in [5, 5.41) is 6.58. The Balaban J connectivity index is 2.54. The van der Waals surface area contributed by atoms with Crippen LogP contribution in [0.3, 0.4) is 0 Å². The van der Waals surface area contributed by atoms with E-state index in [0.29, 0.717) is 12.1 Å². The number of rotatable bonds is 7. The van der Waals surface area contributed by atoms with E-state index in [-0.39, 0.29) is 5.75 Å². The van der Waals surface area contributed by atoms with Crippen molar-refractivity contribution in [2.75, 3.05) is 16.8 Å². The lowest BCUT2D eigenvalue weighted by atomic mass is 10.5. The van der Waals surface area contributed by atoms with Crippen LogP contribution in [0.2, 0.25) is 0 Å². The quantitative estimate of drug-likeness (QED) is 0.805. The average molecular weight is 273 g/mol. The summed E-state index contributed by atoms with van der Waals surface area (Å²) in [6.45, 7) is 4.56. The van der Waals surface area contributed by atoms with Crippen molar-refractivity contribution in [2.24, 2.45) is 0 Å². The zero-order valence-corrected chi connectivity index (χ0v) is 11.5. The summed E-state index contributed by atoms with van der Waals surface area (Å²) in [7, 11) is -3.29. The molecule has 0 saturated heterocycles. The van der Waals surface area contributed by atoms with Crippen LogP contribution in [0.1, 0.15) is 26.7 Å². The van der Waals surface area contributed by atoms with E-state index in [9.17, 15) is 13.2 Å². The molecule has 0 radical (unpaired) electrons. The Morgan fingerprint density at radius 1 is 1.39 bits per heavy atom. The maximum atomic E-state index is 11.5. The summed E-state index contributed by atoms with van der Waals surface area (Å²) < 4.78 is 24.6. The Labute approximate surface area is 107 Å². The lowest BCUT2D eigenvalue weighted by molar-refractivity contribution is -0.113. The van der Waals surface area contributed by atoms with Gasteiger partial charge in [0.2, 0.25) is 5.91 Å². The lowest BCUT2D eigenvalue weighted by Crippen LogP contribution is -2.24. The molecule has 1 aromatic heterocycles. The highest BCUT2D eigenvalue weighted by molar-refractivity contribution is 7.92. The van der Waals surface area contributed by atoms with E-state index >= 15 is 0 Å². The molecule has 7 heteroatoms. The van der Waals surface area contributed by atoms with Gasteiger partial charge in [0.1, 0.15) is 5.75 Å². The molecule has 18 heavy (non-hydrogen) atoms. The molecule has 0 saturated carbocycles. The largest absolute Gasteiger partial charge is 0.323 e. The molecule has 102 valence electrons. The lowest BCUT2D eigenvalue weighted by Gasteiger charge is -2.03. The van der Waals surface area contributed by atoms with E-state index in [1.54, 1.807) is 17.8 Å². The van der Waals surface area contributed by atoms with E-state index in [4.69, 9.17) is 0 Å². The number of carbonyl (C=O) groups is 1. The van der Waals surface area contributed by atoms with Gasteiger partial charge >= 0.3 is 0 Å². The molecule has 6 nitrogen and oxygen atoms in total. The van der Waals surface area contributed by atoms with Crippen molar-refractivity contribution < 1.29 is 13.2 Å². The standard InChI is InChI=1S/C11H19N3O3S/c1-3-5-14-8-10(7-12-14)13-11(15)9-18(16,17)6-4-2/h7-8H,3-6,9H2,1-2H3,(H,13,15). The van der Waals surface area contributed by atoms with Gasteiger partial charge < -0.3 is 5.32 Å². The predicted molar refractivity (Wildman–Crippen MR) is 70.1 cm³/mol. The first-order valence-corrected chi connectivity index (χ1v) is 7.81. The first-order chi connectivity index (χ1) is 8.46. The average Bonchev–Trinajstić information content (AvgIpc) is 2.64. The van der Waals surface area contributed by atoms with Crippen LogP contribution in [0.4, 0.5) is 5.69 Å². The van der Waals surface area contributed by atoms with Crippen molar-refractivity contribution in [3.05, 3.63) is 12.4 Å². The van der Waals surface area contributed by atoms with Gasteiger partial charge in [0.25, 0.3) is 0 Å². The number of hydrogen-bond donors (Lipinski definition) is 1. The third kappa shape index (κ3) is 4.87. The number of nitrogens with one attached hydrogen (secondary N) is 1. The van der Waals surface area contributed by atoms with Crippen molar-refractivity contribution in [3.63, 3.8) is 0 Å². The van der Waals surface area contributed by atoms with Crippen molar-refractivity contribution in [3.8, 4) is 0 Å². The molecule has 1 N–H and O–H groups in total. The van der Waals surface area contributed by atoms with Gasteiger partial charge in [0.15, 0.2) is 9.84 Å². The Hall–Kier alpha value is -1.37. The van der Waals surface area contributed by atoms with Crippen LogP contribution >= 0.6 is 0 Å². The predicted octanol–water partition coefficient (Wildman–Crippen LogP) is 1.06. The van der Waals surface area contributed by atoms with Crippen LogP contribution in [0.5, 0.6) is 0 Å². The van der Waals surface area contributed by atoms with Crippen molar-refractivity contribution >= 4 is 21.4 Å². The molecule has 1 amide bonds. The first kappa shape index (κ1) is 14.7. The van der Waals surface area contributed by atoms with Crippen LogP contribution in [-0.2, 0) is 21.2 Å². The summed E-state index contributed by atoms with van der Waals surface area (Å²) in [4.78, 5) is 11.5. The van der Waals surface area contributed by atoms with Crippen LogP contribution in [-0.4, -0.2) is 35.6 Å². The van der Waals surface area contributed by atoms with E-state index in [2.05, 4.69) is 10.4 Å². The molecule has 0 aliphatic carbocycles. The molecule has 0 aliphatic heterocycles. The number of aromatic nitrogens is 2. The second kappa shape index (κ2) is 6.53. The topological polar surface area (TPSA) is 81.1 Å². The fourth-order valence-electron chi connectivity index (χ4n) is 1.56. The summed E-state index contributed by atoms with van der Waals surface area (Å²) in [5.41, 5.74) is 0.528. The minimum Gasteiger partial charge on any atom is -0.323 e. The van der Waals surface area contributed by atoms with Gasteiger partial charge in [-0.1, -0.05) is 13.8 Å². The number of carbonyl (C=O) groups excluding carboxylic acids is 1. The van der Waals surface area contributed by atoms with Crippen LogP contribution in [0.15, 0.2) is 12.4 Å². The zero-order valence-electron chi connectivity index (χ0n) is 10.7. The van der Waals surface area contributed by atoms with Gasteiger partial charge in [0.05, 0.1) is 17.6 Å². The second-order valence-corrected chi connectivity index (χ2v) is 6.32. The van der Waals surface area contributed by atoms with Crippen LogP contribution < -0.4 is 5.32 Å². The SMILES string of the molecule is CCCn1cc(NC(=O)CS(=O)(=O)CCC)cn1. The van der Waals surface area contributed by atoms with E-state index in [1.165, 1.54) is 6.20 Å². The van der Waals surface area contributed by atoms with Crippen molar-refractivity contribution in [1.82, 2.24) is 9.78 Å². The summed E-state index contributed by atoms with van der Waals surface area (Å²) >= 11 is 0. The second-order valence-electron chi connectivity index (χ2n) is 4.13. The van der Waals surface area contributed by atoms with Gasteiger partial charge in [-0.3, -0.25) is 9.48 Å². The third-order valence-corrected chi connectivity index (χ3v) is 3.97. The molecule has 0 atom stereocenters. The number of sulfone groups is 1. The molecule has 0 bridgehead atoms. The van der Waals surface area contributed by atoms with Gasteiger partial charge in [-0.25, -0.2) is 8.42 Å². The number of amides is 1. The molecular weight excluding hydrogens is 254 g/mol. The van der Waals surface area contributed by atoms with E-state index < -0.39 is 21.5 Å². The van der Waals surface area contributed by atoms with E-state index in [0.717, 1.165) is 13.0 Å². The maximum absolute atomic E-state index is 11.5. The number of anilines is 1. The van der Waals surface area contributed by atoms with Crippen molar-refractivity contribution in [2.45, 2.75) is 33.2 Å². The number of nitrogens with zero attached hydrogens (tertiary/aromatic N) is 2. The highest BCUT2D eigenvalue weighted by atomic mass is 32.2. The molecule has 0 fully saturated rings. The Bertz CT molecular complexity index is 493. The number of aryl methyl sites for hydroxylation is 1. The molecule has 1 heterocycles. The van der Waals surface area contributed by atoms with Gasteiger partial charge in [-0.2, -0.15) is 5.10 Å². The van der Waals surface area contributed by atoms with Gasteiger partial charge in [-0.15, -0.1) is 0 Å². The van der Waals surface area contributed by atoms with Crippen LogP contribution in [0.25, 0.3) is 0 Å². The Kier molecular flexibility index (Phi) is 5.33. The molecule has 0 aromatic carbocycles. The smallest absolute Gasteiger partial charge is 0.239 e.